The molecule has 1 fully saturated rings. The van der Waals surface area contributed by atoms with Gasteiger partial charge < -0.3 is 14.7 Å². The number of amides is 1. The van der Waals surface area contributed by atoms with Crippen LogP contribution in [-0.2, 0) is 14.3 Å². The van der Waals surface area contributed by atoms with Gasteiger partial charge in [-0.2, -0.15) is 0 Å². The van der Waals surface area contributed by atoms with E-state index in [1.165, 1.54) is 0 Å². The largest absolute Gasteiger partial charge is 0.480 e. The van der Waals surface area contributed by atoms with Gasteiger partial charge in [-0.15, -0.1) is 0 Å². The molecule has 1 amide bonds. The molecule has 1 aliphatic heterocycles. The fraction of sp³-hybridized carbons (Fsp3) is 0.800. The van der Waals surface area contributed by atoms with Gasteiger partial charge in [0.25, 0.3) is 0 Å². The van der Waals surface area contributed by atoms with Crippen LogP contribution in [0.3, 0.4) is 0 Å². The van der Waals surface area contributed by atoms with Gasteiger partial charge in [0.05, 0.1) is 6.10 Å². The fourth-order valence-corrected chi connectivity index (χ4v) is 1.68. The van der Waals surface area contributed by atoms with Crippen LogP contribution in [0.25, 0.3) is 0 Å². The van der Waals surface area contributed by atoms with E-state index in [2.05, 4.69) is 0 Å². The highest BCUT2D eigenvalue weighted by molar-refractivity contribution is 5.75. The summed E-state index contributed by atoms with van der Waals surface area (Å²) in [5, 5.41) is 8.43. The van der Waals surface area contributed by atoms with Crippen molar-refractivity contribution in [1.82, 2.24) is 4.90 Å². The molecule has 0 aromatic carbocycles. The summed E-state index contributed by atoms with van der Waals surface area (Å²) < 4.78 is 5.17. The predicted octanol–water partition coefficient (Wildman–Crippen LogP) is 0.489. The number of hydrogen-bond donors (Lipinski definition) is 1. The molecule has 0 radical (unpaired) electrons. The van der Waals surface area contributed by atoms with Crippen LogP contribution in [-0.4, -0.2) is 47.7 Å². The molecule has 1 rings (SSSR count). The third kappa shape index (κ3) is 3.87. The van der Waals surface area contributed by atoms with E-state index in [4.69, 9.17) is 9.84 Å². The van der Waals surface area contributed by atoms with Crippen molar-refractivity contribution in [2.24, 2.45) is 0 Å². The van der Waals surface area contributed by atoms with E-state index >= 15 is 0 Å². The average Bonchev–Trinajstić information content (AvgIpc) is 2.26. The smallest absolute Gasteiger partial charge is 0.329 e. The van der Waals surface area contributed by atoms with E-state index < -0.39 is 5.97 Å². The second-order valence-electron chi connectivity index (χ2n) is 3.64. The average molecular weight is 215 g/mol. The van der Waals surface area contributed by atoms with Gasteiger partial charge in [-0.3, -0.25) is 4.79 Å². The minimum atomic E-state index is -0.943. The van der Waals surface area contributed by atoms with Crippen LogP contribution in [0, 0.1) is 0 Å². The SMILES string of the molecule is CCC(=O)N1CCC(OCC(=O)O)CC1. The molecule has 0 aromatic rings. The maximum Gasteiger partial charge on any atom is 0.329 e. The third-order valence-electron chi connectivity index (χ3n) is 2.54. The normalized spacial score (nSPS) is 17.8. The summed E-state index contributed by atoms with van der Waals surface area (Å²) in [5.41, 5.74) is 0. The lowest BCUT2D eigenvalue weighted by Crippen LogP contribution is -2.40. The monoisotopic (exact) mass is 215 g/mol. The van der Waals surface area contributed by atoms with Crippen molar-refractivity contribution >= 4 is 11.9 Å². The Morgan fingerprint density at radius 2 is 2.00 bits per heavy atom. The molecule has 0 saturated carbocycles. The highest BCUT2D eigenvalue weighted by atomic mass is 16.5. The number of carboxylic acid groups (broad SMARTS) is 1. The number of likely N-dealkylation sites (tertiary alicyclic amines) is 1. The van der Waals surface area contributed by atoms with E-state index in [9.17, 15) is 9.59 Å². The van der Waals surface area contributed by atoms with Crippen LogP contribution in [0.5, 0.6) is 0 Å². The number of carbonyl (C=O) groups is 2. The maximum atomic E-state index is 11.3. The molecule has 5 heteroatoms. The Kier molecular flexibility index (Phi) is 4.55. The van der Waals surface area contributed by atoms with Crippen LogP contribution < -0.4 is 0 Å². The van der Waals surface area contributed by atoms with Crippen molar-refractivity contribution < 1.29 is 19.4 Å². The lowest BCUT2D eigenvalue weighted by Gasteiger charge is -2.31. The zero-order valence-electron chi connectivity index (χ0n) is 8.94. The van der Waals surface area contributed by atoms with E-state index in [1.807, 2.05) is 6.92 Å². The van der Waals surface area contributed by atoms with Crippen LogP contribution in [0.2, 0.25) is 0 Å². The number of ether oxygens (including phenoxy) is 1. The van der Waals surface area contributed by atoms with Gasteiger partial charge in [-0.05, 0) is 12.8 Å². The summed E-state index contributed by atoms with van der Waals surface area (Å²) >= 11 is 0. The quantitative estimate of drug-likeness (QED) is 0.741. The summed E-state index contributed by atoms with van der Waals surface area (Å²) in [6.07, 6.45) is 1.99. The number of piperidine rings is 1. The first-order valence-corrected chi connectivity index (χ1v) is 5.24. The van der Waals surface area contributed by atoms with E-state index in [-0.39, 0.29) is 18.6 Å². The molecule has 0 bridgehead atoms. The molecule has 0 spiro atoms. The maximum absolute atomic E-state index is 11.3. The molecule has 0 aliphatic carbocycles. The van der Waals surface area contributed by atoms with E-state index in [0.717, 1.165) is 12.8 Å². The van der Waals surface area contributed by atoms with Crippen molar-refractivity contribution in [3.8, 4) is 0 Å². The van der Waals surface area contributed by atoms with Gasteiger partial charge in [0.2, 0.25) is 5.91 Å². The zero-order chi connectivity index (χ0) is 11.3. The molecule has 5 nitrogen and oxygen atoms in total. The second kappa shape index (κ2) is 5.70. The Morgan fingerprint density at radius 1 is 1.40 bits per heavy atom. The van der Waals surface area contributed by atoms with E-state index in [1.54, 1.807) is 4.90 Å². The standard InChI is InChI=1S/C10H17NO4/c1-2-9(12)11-5-3-8(4-6-11)15-7-10(13)14/h8H,2-7H2,1H3,(H,13,14). The Morgan fingerprint density at radius 3 is 2.47 bits per heavy atom. The highest BCUT2D eigenvalue weighted by Crippen LogP contribution is 2.14. The zero-order valence-corrected chi connectivity index (χ0v) is 8.94. The van der Waals surface area contributed by atoms with Crippen molar-refractivity contribution in [2.75, 3.05) is 19.7 Å². The lowest BCUT2D eigenvalue weighted by molar-refractivity contribution is -0.146. The molecular formula is C10H17NO4. The Hall–Kier alpha value is -1.10. The van der Waals surface area contributed by atoms with Gasteiger partial charge >= 0.3 is 5.97 Å². The summed E-state index contributed by atoms with van der Waals surface area (Å²) in [5.74, 6) is -0.784. The second-order valence-corrected chi connectivity index (χ2v) is 3.64. The molecule has 0 atom stereocenters. The van der Waals surface area contributed by atoms with Crippen molar-refractivity contribution in [3.63, 3.8) is 0 Å². The predicted molar refractivity (Wildman–Crippen MR) is 53.5 cm³/mol. The molecule has 86 valence electrons. The number of nitrogens with zero attached hydrogens (tertiary/aromatic N) is 1. The molecule has 0 unspecified atom stereocenters. The van der Waals surface area contributed by atoms with Crippen molar-refractivity contribution in [3.05, 3.63) is 0 Å². The van der Waals surface area contributed by atoms with Gasteiger partial charge in [-0.25, -0.2) is 4.79 Å². The number of carbonyl (C=O) groups excluding carboxylic acids is 1. The lowest BCUT2D eigenvalue weighted by atomic mass is 10.1. The first kappa shape index (κ1) is 12.0. The van der Waals surface area contributed by atoms with Gasteiger partial charge in [0, 0.05) is 19.5 Å². The van der Waals surface area contributed by atoms with E-state index in [0.29, 0.717) is 19.5 Å². The molecule has 1 heterocycles. The van der Waals surface area contributed by atoms with Crippen LogP contribution in [0.4, 0.5) is 0 Å². The Balaban J connectivity index is 2.23. The van der Waals surface area contributed by atoms with Crippen LogP contribution in [0.15, 0.2) is 0 Å². The minimum Gasteiger partial charge on any atom is -0.480 e. The summed E-state index contributed by atoms with van der Waals surface area (Å²) in [6.45, 7) is 2.95. The van der Waals surface area contributed by atoms with Crippen molar-refractivity contribution in [1.29, 1.82) is 0 Å². The first-order valence-electron chi connectivity index (χ1n) is 5.24. The number of hydrogen-bond acceptors (Lipinski definition) is 3. The number of aliphatic carboxylic acids is 1. The summed E-state index contributed by atoms with van der Waals surface area (Å²) in [6, 6.07) is 0. The highest BCUT2D eigenvalue weighted by Gasteiger charge is 2.22. The van der Waals surface area contributed by atoms with Gasteiger partial charge in [-0.1, -0.05) is 6.92 Å². The molecule has 0 aromatic heterocycles. The third-order valence-corrected chi connectivity index (χ3v) is 2.54. The fourth-order valence-electron chi connectivity index (χ4n) is 1.68. The molecule has 15 heavy (non-hydrogen) atoms. The Labute approximate surface area is 89.0 Å². The molecule has 1 N–H and O–H groups in total. The summed E-state index contributed by atoms with van der Waals surface area (Å²) in [4.78, 5) is 23.4. The molecular weight excluding hydrogens is 198 g/mol. The molecule has 1 aliphatic rings. The summed E-state index contributed by atoms with van der Waals surface area (Å²) in [7, 11) is 0. The first-order chi connectivity index (χ1) is 7.13. The van der Waals surface area contributed by atoms with Crippen LogP contribution in [0.1, 0.15) is 26.2 Å². The van der Waals surface area contributed by atoms with Crippen molar-refractivity contribution in [2.45, 2.75) is 32.3 Å². The number of carboxylic acids is 1. The van der Waals surface area contributed by atoms with Gasteiger partial charge in [0.1, 0.15) is 6.61 Å². The number of rotatable bonds is 4. The van der Waals surface area contributed by atoms with Gasteiger partial charge in [0.15, 0.2) is 0 Å². The van der Waals surface area contributed by atoms with Crippen LogP contribution >= 0.6 is 0 Å². The topological polar surface area (TPSA) is 66.8 Å². The Bertz CT molecular complexity index is 234. The minimum absolute atomic E-state index is 0.0120. The molecule has 1 saturated heterocycles.